The molecule has 1 amide bonds. The molecule has 156 valence electrons. The molecule has 3 rings (SSSR count). The van der Waals surface area contributed by atoms with Crippen molar-refractivity contribution in [3.05, 3.63) is 84.4 Å². The number of carbonyl (C=O) groups excluding carboxylic acids is 1. The van der Waals surface area contributed by atoms with Crippen LogP contribution in [0.4, 0.5) is 0 Å². The summed E-state index contributed by atoms with van der Waals surface area (Å²) in [5.41, 5.74) is 5.43. The van der Waals surface area contributed by atoms with Gasteiger partial charge in [-0.3, -0.25) is 10.0 Å². The molecule has 1 N–H and O–H groups in total. The fourth-order valence-corrected chi connectivity index (χ4v) is 3.71. The van der Waals surface area contributed by atoms with Crippen LogP contribution < -0.4 is 113 Å². The fraction of sp³-hybridized carbons (Fsp3) is 0.174. The van der Waals surface area contributed by atoms with E-state index < -0.39 is 19.7 Å². The molecule has 0 saturated carbocycles. The molecule has 32 heavy (non-hydrogen) atoms. The average Bonchev–Trinajstić information content (AvgIpc) is 2.73. The SMILES string of the molecule is O=C(CP(=O)([O-])[O-])N(O)CCCc1cccc(-c2cccc(-c3ccccc3)c2)c1.[K+].[K+]. The van der Waals surface area contributed by atoms with Gasteiger partial charge >= 0.3 is 103 Å². The summed E-state index contributed by atoms with van der Waals surface area (Å²) in [6.07, 6.45) is -0.197. The van der Waals surface area contributed by atoms with Gasteiger partial charge in [0.05, 0.1) is 6.16 Å². The number of hydrogen-bond acceptors (Lipinski definition) is 5. The zero-order valence-corrected chi connectivity index (χ0v) is 25.4. The molecule has 0 unspecified atom stereocenters. The average molecular weight is 502 g/mol. The molecule has 0 aliphatic rings. The van der Waals surface area contributed by atoms with Crippen molar-refractivity contribution >= 4 is 13.5 Å². The van der Waals surface area contributed by atoms with Gasteiger partial charge in [0.15, 0.2) is 0 Å². The van der Waals surface area contributed by atoms with Crippen molar-refractivity contribution in [1.29, 1.82) is 0 Å². The number of hydrogen-bond donors (Lipinski definition) is 1. The zero-order chi connectivity index (χ0) is 21.6. The Balaban J connectivity index is 0.00000256. The Bertz CT molecular complexity index is 1060. The third-order valence-electron chi connectivity index (χ3n) is 4.68. The van der Waals surface area contributed by atoms with E-state index in [1.165, 1.54) is 0 Å². The van der Waals surface area contributed by atoms with Gasteiger partial charge in [0, 0.05) is 6.54 Å². The monoisotopic (exact) mass is 501 g/mol. The van der Waals surface area contributed by atoms with Gasteiger partial charge < -0.3 is 14.4 Å². The molecule has 0 spiro atoms. The number of carbonyl (C=O) groups is 1. The predicted molar refractivity (Wildman–Crippen MR) is 112 cm³/mol. The van der Waals surface area contributed by atoms with Crippen LogP contribution in [0.5, 0.6) is 0 Å². The summed E-state index contributed by atoms with van der Waals surface area (Å²) in [4.78, 5) is 32.8. The molecule has 0 saturated heterocycles. The van der Waals surface area contributed by atoms with Gasteiger partial charge in [-0.25, -0.2) is 5.06 Å². The van der Waals surface area contributed by atoms with Crippen molar-refractivity contribution in [2.75, 3.05) is 12.7 Å². The van der Waals surface area contributed by atoms with Crippen LogP contribution in [0.25, 0.3) is 22.3 Å². The molecular weight excluding hydrogens is 479 g/mol. The van der Waals surface area contributed by atoms with E-state index in [1.54, 1.807) is 0 Å². The summed E-state index contributed by atoms with van der Waals surface area (Å²) in [7, 11) is -4.98. The molecule has 6 nitrogen and oxygen atoms in total. The minimum absolute atomic E-state index is 0. The van der Waals surface area contributed by atoms with E-state index in [0.717, 1.165) is 27.8 Å². The van der Waals surface area contributed by atoms with E-state index in [9.17, 15) is 24.4 Å². The van der Waals surface area contributed by atoms with Gasteiger partial charge in [0.25, 0.3) is 5.91 Å². The van der Waals surface area contributed by atoms with Gasteiger partial charge in [-0.1, -0.05) is 80.4 Å². The molecule has 3 aromatic carbocycles. The Labute approximate surface area is 273 Å². The molecule has 0 bridgehead atoms. The Hall–Kier alpha value is 0.513. The van der Waals surface area contributed by atoms with Gasteiger partial charge in [-0.2, -0.15) is 0 Å². The van der Waals surface area contributed by atoms with Crippen LogP contribution in [0, 0.1) is 0 Å². The number of rotatable bonds is 8. The summed E-state index contributed by atoms with van der Waals surface area (Å²) in [6, 6.07) is 26.4. The molecule has 0 aromatic heterocycles. The van der Waals surface area contributed by atoms with Crippen LogP contribution in [-0.4, -0.2) is 28.9 Å². The Kier molecular flexibility index (Phi) is 14.1. The largest absolute Gasteiger partial charge is 1.00 e. The van der Waals surface area contributed by atoms with Gasteiger partial charge in [0.2, 0.25) is 0 Å². The molecule has 0 aliphatic heterocycles. The van der Waals surface area contributed by atoms with Crippen molar-refractivity contribution in [3.8, 4) is 22.3 Å². The summed E-state index contributed by atoms with van der Waals surface area (Å²) in [5.74, 6) is -1.10. The quantitative estimate of drug-likeness (QED) is 0.154. The number of nitrogens with zero attached hydrogens (tertiary/aromatic N) is 1. The normalized spacial score (nSPS) is 10.6. The summed E-state index contributed by atoms with van der Waals surface area (Å²) in [6.45, 7) is -0.0491. The van der Waals surface area contributed by atoms with Crippen molar-refractivity contribution in [2.24, 2.45) is 0 Å². The minimum atomic E-state index is -4.98. The molecule has 0 radical (unpaired) electrons. The third-order valence-corrected chi connectivity index (χ3v) is 5.34. The van der Waals surface area contributed by atoms with Crippen molar-refractivity contribution in [3.63, 3.8) is 0 Å². The van der Waals surface area contributed by atoms with Crippen LogP contribution >= 0.6 is 7.60 Å². The second kappa shape index (κ2) is 14.8. The minimum Gasteiger partial charge on any atom is -0.810 e. The maximum absolute atomic E-state index is 11.5. The first kappa shape index (κ1) is 30.5. The summed E-state index contributed by atoms with van der Waals surface area (Å²) < 4.78 is 10.6. The van der Waals surface area contributed by atoms with E-state index in [1.807, 2.05) is 48.5 Å². The first-order chi connectivity index (χ1) is 14.3. The molecule has 3 aromatic rings. The van der Waals surface area contributed by atoms with E-state index in [4.69, 9.17) is 0 Å². The third kappa shape index (κ3) is 10.0. The van der Waals surface area contributed by atoms with Gasteiger partial charge in [-0.05, 0) is 46.7 Å². The Morgan fingerprint density at radius 3 is 1.97 bits per heavy atom. The van der Waals surface area contributed by atoms with Crippen molar-refractivity contribution in [2.45, 2.75) is 12.8 Å². The first-order valence-corrected chi connectivity index (χ1v) is 11.3. The molecule has 0 heterocycles. The van der Waals surface area contributed by atoms with Crippen LogP contribution in [0.2, 0.25) is 0 Å². The Morgan fingerprint density at radius 2 is 1.34 bits per heavy atom. The van der Waals surface area contributed by atoms with Crippen LogP contribution in [0.15, 0.2) is 78.9 Å². The number of amides is 1. The molecule has 0 aliphatic carbocycles. The van der Waals surface area contributed by atoms with Crippen molar-refractivity contribution in [1.82, 2.24) is 5.06 Å². The van der Waals surface area contributed by atoms with Crippen LogP contribution in [0.3, 0.4) is 0 Å². The Morgan fingerprint density at radius 1 is 0.812 bits per heavy atom. The van der Waals surface area contributed by atoms with Crippen molar-refractivity contribution < 1.29 is 127 Å². The molecule has 9 heteroatoms. The maximum atomic E-state index is 11.5. The standard InChI is InChI=1S/C23H24NO5P.2K/c25-23(17-30(27,28)29)24(26)14-6-8-18-7-4-11-20(15-18)22-13-5-12-21(16-22)19-9-2-1-3-10-19;;/h1-5,7,9-13,15-16,26H,6,8,14,17H2,(H2,27,28,29);;/q;2*+1/p-2. The van der Waals surface area contributed by atoms with E-state index in [0.29, 0.717) is 17.9 Å². The number of hydroxylamine groups is 2. The van der Waals surface area contributed by atoms with Crippen LogP contribution in [-0.2, 0) is 15.8 Å². The second-order valence-electron chi connectivity index (χ2n) is 7.04. The smallest absolute Gasteiger partial charge is 0.810 e. The van der Waals surface area contributed by atoms with Crippen LogP contribution in [0.1, 0.15) is 12.0 Å². The second-order valence-corrected chi connectivity index (χ2v) is 8.57. The molecule has 0 atom stereocenters. The zero-order valence-electron chi connectivity index (χ0n) is 18.3. The topological polar surface area (TPSA) is 104 Å². The maximum Gasteiger partial charge on any atom is 1.00 e. The van der Waals surface area contributed by atoms with E-state index >= 15 is 0 Å². The van der Waals surface area contributed by atoms with Gasteiger partial charge in [0.1, 0.15) is 0 Å². The summed E-state index contributed by atoms with van der Waals surface area (Å²) >= 11 is 0. The first-order valence-electron chi connectivity index (χ1n) is 9.57. The number of benzene rings is 3. The van der Waals surface area contributed by atoms with E-state index in [-0.39, 0.29) is 109 Å². The van der Waals surface area contributed by atoms with Gasteiger partial charge in [-0.15, -0.1) is 0 Å². The molecular formula is C23H22K2NO5P. The molecule has 0 fully saturated rings. The summed E-state index contributed by atoms with van der Waals surface area (Å²) in [5, 5.41) is 9.92. The van der Waals surface area contributed by atoms with E-state index in [2.05, 4.69) is 30.3 Å². The predicted octanol–water partition coefficient (Wildman–Crippen LogP) is -2.91. The number of aryl methyl sites for hydroxylation is 1. The fourth-order valence-electron chi connectivity index (χ4n) is 3.22.